The molecule has 7 heteroatoms. The molecule has 0 aliphatic carbocycles. The first kappa shape index (κ1) is 20.6. The highest BCUT2D eigenvalue weighted by molar-refractivity contribution is 5.93. The molecule has 146 valence electrons. The van der Waals surface area contributed by atoms with E-state index in [0.717, 1.165) is 30.8 Å². The summed E-state index contributed by atoms with van der Waals surface area (Å²) >= 11 is 0. The predicted octanol–water partition coefficient (Wildman–Crippen LogP) is 3.14. The molecule has 1 amide bonds. The lowest BCUT2D eigenvalue weighted by Gasteiger charge is -2.22. The molecule has 0 saturated heterocycles. The molecule has 1 aromatic carbocycles. The number of nitrogens with one attached hydrogen (secondary N) is 2. The molecule has 27 heavy (non-hydrogen) atoms. The molecular weight excluding hydrogens is 342 g/mol. The fourth-order valence-electron chi connectivity index (χ4n) is 2.77. The number of aryl methyl sites for hydroxylation is 1. The number of hydrogen-bond acceptors (Lipinski definition) is 6. The van der Waals surface area contributed by atoms with Crippen LogP contribution < -0.4 is 15.5 Å². The number of aromatic nitrogens is 2. The van der Waals surface area contributed by atoms with Crippen molar-refractivity contribution in [1.82, 2.24) is 15.3 Å². The molecule has 7 nitrogen and oxygen atoms in total. The number of carbonyl (C=O) groups excluding carboxylic acids is 1. The van der Waals surface area contributed by atoms with Crippen molar-refractivity contribution in [2.45, 2.75) is 27.2 Å². The van der Waals surface area contributed by atoms with E-state index in [1.807, 2.05) is 6.07 Å². The van der Waals surface area contributed by atoms with Crippen molar-refractivity contribution < 1.29 is 9.53 Å². The predicted molar refractivity (Wildman–Crippen MR) is 109 cm³/mol. The number of rotatable bonds is 10. The van der Waals surface area contributed by atoms with Crippen LogP contribution in [-0.4, -0.2) is 49.2 Å². The zero-order valence-electron chi connectivity index (χ0n) is 16.6. The van der Waals surface area contributed by atoms with Crippen LogP contribution in [0, 0.1) is 6.92 Å². The monoisotopic (exact) mass is 371 g/mol. The van der Waals surface area contributed by atoms with Crippen LogP contribution in [-0.2, 0) is 4.74 Å². The minimum atomic E-state index is -0.217. The Bertz CT molecular complexity index is 747. The van der Waals surface area contributed by atoms with Gasteiger partial charge in [-0.3, -0.25) is 4.79 Å². The van der Waals surface area contributed by atoms with E-state index in [1.54, 1.807) is 13.2 Å². The van der Waals surface area contributed by atoms with Crippen LogP contribution in [0.15, 0.2) is 30.6 Å². The summed E-state index contributed by atoms with van der Waals surface area (Å²) in [6, 6.07) is 7.94. The molecule has 0 atom stereocenters. The molecule has 0 bridgehead atoms. The van der Waals surface area contributed by atoms with Crippen molar-refractivity contribution in [3.8, 4) is 0 Å². The van der Waals surface area contributed by atoms with Gasteiger partial charge in [-0.1, -0.05) is 0 Å². The zero-order chi connectivity index (χ0) is 19.6. The molecule has 1 heterocycles. The number of hydrogen-bond donors (Lipinski definition) is 2. The van der Waals surface area contributed by atoms with Crippen LogP contribution in [0.5, 0.6) is 0 Å². The Morgan fingerprint density at radius 2 is 1.96 bits per heavy atom. The highest BCUT2D eigenvalue weighted by Gasteiger charge is 2.10. The van der Waals surface area contributed by atoms with Crippen LogP contribution >= 0.6 is 0 Å². The topological polar surface area (TPSA) is 79.4 Å². The molecular formula is C20H29N5O2. The molecule has 0 saturated carbocycles. The van der Waals surface area contributed by atoms with Crippen molar-refractivity contribution in [2.75, 3.05) is 43.6 Å². The van der Waals surface area contributed by atoms with E-state index in [9.17, 15) is 4.79 Å². The number of carbonyl (C=O) groups is 1. The summed E-state index contributed by atoms with van der Waals surface area (Å²) in [5, 5.41) is 6.10. The number of ether oxygens (including phenoxy) is 1. The molecule has 0 radical (unpaired) electrons. The van der Waals surface area contributed by atoms with E-state index in [2.05, 4.69) is 58.4 Å². The average molecular weight is 371 g/mol. The van der Waals surface area contributed by atoms with Gasteiger partial charge in [0.2, 0.25) is 0 Å². The minimum Gasteiger partial charge on any atom is -0.385 e. The molecule has 0 aliphatic rings. The van der Waals surface area contributed by atoms with Gasteiger partial charge in [0, 0.05) is 50.8 Å². The van der Waals surface area contributed by atoms with Crippen LogP contribution in [0.3, 0.4) is 0 Å². The standard InChI is InChI=1S/C20H29N5O2/c1-5-25(6-2)16-8-9-17(15(3)12-16)24-19-13-18(22-14-23-19)20(26)21-10-7-11-27-4/h8-9,12-14H,5-7,10-11H2,1-4H3,(H,21,26)(H,22,23,24). The molecule has 0 fully saturated rings. The maximum Gasteiger partial charge on any atom is 0.270 e. The lowest BCUT2D eigenvalue weighted by molar-refractivity contribution is 0.0943. The van der Waals surface area contributed by atoms with Crippen molar-refractivity contribution in [1.29, 1.82) is 0 Å². The van der Waals surface area contributed by atoms with E-state index >= 15 is 0 Å². The number of methoxy groups -OCH3 is 1. The van der Waals surface area contributed by atoms with Gasteiger partial charge in [0.25, 0.3) is 5.91 Å². The van der Waals surface area contributed by atoms with Gasteiger partial charge >= 0.3 is 0 Å². The third-order valence-electron chi connectivity index (χ3n) is 4.31. The second kappa shape index (κ2) is 10.5. The first-order valence-electron chi connectivity index (χ1n) is 9.30. The van der Waals surface area contributed by atoms with E-state index in [-0.39, 0.29) is 5.91 Å². The van der Waals surface area contributed by atoms with Crippen molar-refractivity contribution in [3.05, 3.63) is 41.9 Å². The second-order valence-electron chi connectivity index (χ2n) is 6.19. The smallest absolute Gasteiger partial charge is 0.270 e. The zero-order valence-corrected chi connectivity index (χ0v) is 16.6. The number of amides is 1. The van der Waals surface area contributed by atoms with Gasteiger partial charge in [-0.2, -0.15) is 0 Å². The Kier molecular flexibility index (Phi) is 8.00. The highest BCUT2D eigenvalue weighted by Crippen LogP contribution is 2.25. The largest absolute Gasteiger partial charge is 0.385 e. The molecule has 2 N–H and O–H groups in total. The first-order chi connectivity index (χ1) is 13.1. The third kappa shape index (κ3) is 5.92. The number of anilines is 3. The molecule has 2 rings (SSSR count). The lowest BCUT2D eigenvalue weighted by atomic mass is 10.1. The number of benzene rings is 1. The Labute approximate surface area is 161 Å². The molecule has 2 aromatic rings. The van der Waals surface area contributed by atoms with Crippen molar-refractivity contribution >= 4 is 23.1 Å². The normalized spacial score (nSPS) is 10.5. The Hall–Kier alpha value is -2.67. The first-order valence-corrected chi connectivity index (χ1v) is 9.30. The fourth-order valence-corrected chi connectivity index (χ4v) is 2.77. The maximum absolute atomic E-state index is 12.2. The second-order valence-corrected chi connectivity index (χ2v) is 6.19. The summed E-state index contributed by atoms with van der Waals surface area (Å²) in [5.41, 5.74) is 3.60. The molecule has 0 aliphatic heterocycles. The summed E-state index contributed by atoms with van der Waals surface area (Å²) in [4.78, 5) is 22.8. The highest BCUT2D eigenvalue weighted by atomic mass is 16.5. The van der Waals surface area contributed by atoms with Gasteiger partial charge in [-0.25, -0.2) is 9.97 Å². The molecule has 1 aromatic heterocycles. The van der Waals surface area contributed by atoms with Gasteiger partial charge in [0.15, 0.2) is 0 Å². The fraction of sp³-hybridized carbons (Fsp3) is 0.450. The van der Waals surface area contributed by atoms with Gasteiger partial charge in [0.1, 0.15) is 17.8 Å². The third-order valence-corrected chi connectivity index (χ3v) is 4.31. The van der Waals surface area contributed by atoms with Crippen LogP contribution in [0.4, 0.5) is 17.2 Å². The van der Waals surface area contributed by atoms with E-state index < -0.39 is 0 Å². The average Bonchev–Trinajstić information content (AvgIpc) is 2.68. The summed E-state index contributed by atoms with van der Waals surface area (Å²) in [6.45, 7) is 9.45. The van der Waals surface area contributed by atoms with Gasteiger partial charge < -0.3 is 20.3 Å². The van der Waals surface area contributed by atoms with Crippen LogP contribution in [0.2, 0.25) is 0 Å². The van der Waals surface area contributed by atoms with Gasteiger partial charge in [-0.15, -0.1) is 0 Å². The van der Waals surface area contributed by atoms with E-state index in [1.165, 1.54) is 12.0 Å². The Balaban J connectivity index is 2.06. The van der Waals surface area contributed by atoms with Gasteiger partial charge in [-0.05, 0) is 51.0 Å². The van der Waals surface area contributed by atoms with Crippen LogP contribution in [0.25, 0.3) is 0 Å². The Morgan fingerprint density at radius 3 is 2.63 bits per heavy atom. The summed E-state index contributed by atoms with van der Waals surface area (Å²) in [7, 11) is 1.64. The minimum absolute atomic E-state index is 0.217. The number of nitrogens with zero attached hydrogens (tertiary/aromatic N) is 3. The summed E-state index contributed by atoms with van der Waals surface area (Å²) in [6.07, 6.45) is 2.16. The maximum atomic E-state index is 12.2. The summed E-state index contributed by atoms with van der Waals surface area (Å²) in [5.74, 6) is 0.371. The molecule has 0 unspecified atom stereocenters. The van der Waals surface area contributed by atoms with Crippen molar-refractivity contribution in [3.63, 3.8) is 0 Å². The van der Waals surface area contributed by atoms with E-state index in [4.69, 9.17) is 4.74 Å². The molecule has 0 spiro atoms. The SMILES string of the molecule is CCN(CC)c1ccc(Nc2cc(C(=O)NCCCOC)ncn2)c(C)c1. The quantitative estimate of drug-likeness (QED) is 0.625. The lowest BCUT2D eigenvalue weighted by Crippen LogP contribution is -2.26. The van der Waals surface area contributed by atoms with Gasteiger partial charge in [0.05, 0.1) is 0 Å². The van der Waals surface area contributed by atoms with Crippen LogP contribution in [0.1, 0.15) is 36.3 Å². The van der Waals surface area contributed by atoms with E-state index in [0.29, 0.717) is 24.7 Å². The van der Waals surface area contributed by atoms with Crippen molar-refractivity contribution in [2.24, 2.45) is 0 Å². The Morgan fingerprint density at radius 1 is 1.19 bits per heavy atom. The summed E-state index contributed by atoms with van der Waals surface area (Å²) < 4.78 is 4.97.